The topological polar surface area (TPSA) is 38.7 Å². The Hall–Kier alpha value is -3.80. The average molecular weight is 842 g/mol. The van der Waals surface area contributed by atoms with E-state index in [1.54, 1.807) is 17.5 Å². The van der Waals surface area contributed by atoms with Crippen LogP contribution in [0.25, 0.3) is 54.1 Å². The van der Waals surface area contributed by atoms with Gasteiger partial charge in [-0.15, -0.1) is 59.7 Å². The van der Waals surface area contributed by atoms with Crippen molar-refractivity contribution in [1.82, 2.24) is 15.0 Å². The van der Waals surface area contributed by atoms with Crippen LogP contribution in [-0.2, 0) is 20.1 Å². The van der Waals surface area contributed by atoms with Crippen molar-refractivity contribution in [2.75, 3.05) is 0 Å². The number of hydrogen-bond donors (Lipinski definition) is 0. The quantitative estimate of drug-likeness (QED) is 0.124. The standard InChI is InChI=1S/C25H19N2S.C17H22NSi.Ir/c1-16(2)18-12-13-26-23(15-18)19-8-11-24-21(14-19)20-9-10-22(27-25(20)28-24)17-6-4-3-5-7-17;1-13(2)15-11-16(14-9-7-6-8-10-14)18-12-17(15)19(3,4)5;/h3-7,9-16H,1-2H3;6-9,11-13H,1-5H3;/q2*-1;/i16D;13D;. The molecule has 1 radical (unpaired) electrons. The van der Waals surface area contributed by atoms with Crippen molar-refractivity contribution in [2.45, 2.75) is 59.1 Å². The van der Waals surface area contributed by atoms with Gasteiger partial charge in [-0.1, -0.05) is 112 Å². The second-order valence-electron chi connectivity index (χ2n) is 13.2. The van der Waals surface area contributed by atoms with Crippen LogP contribution in [0.2, 0.25) is 19.6 Å². The van der Waals surface area contributed by atoms with Crippen LogP contribution < -0.4 is 5.19 Å². The summed E-state index contributed by atoms with van der Waals surface area (Å²) in [5.74, 6) is -1.27. The fourth-order valence-corrected chi connectivity index (χ4v) is 8.19. The first-order valence-corrected chi connectivity index (χ1v) is 20.3. The van der Waals surface area contributed by atoms with E-state index in [-0.39, 0.29) is 20.1 Å². The molecule has 0 aliphatic carbocycles. The Morgan fingerprint density at radius 1 is 0.729 bits per heavy atom. The maximum Gasteiger partial charge on any atom is 0.114 e. The van der Waals surface area contributed by atoms with Crippen molar-refractivity contribution in [1.29, 1.82) is 0 Å². The van der Waals surface area contributed by atoms with Crippen molar-refractivity contribution in [3.05, 3.63) is 133 Å². The van der Waals surface area contributed by atoms with Crippen LogP contribution >= 0.6 is 11.3 Å². The first kappa shape index (κ1) is 32.7. The molecule has 7 aromatic rings. The fourth-order valence-electron chi connectivity index (χ4n) is 5.57. The van der Waals surface area contributed by atoms with Gasteiger partial charge in [-0.25, -0.2) is 4.98 Å². The summed E-state index contributed by atoms with van der Waals surface area (Å²) in [6.45, 7) is 14.6. The van der Waals surface area contributed by atoms with Crippen molar-refractivity contribution < 1.29 is 22.8 Å². The van der Waals surface area contributed by atoms with Crippen LogP contribution in [0.3, 0.4) is 0 Å². The van der Waals surface area contributed by atoms with Crippen LogP contribution in [-0.4, -0.2) is 23.0 Å². The van der Waals surface area contributed by atoms with E-state index in [9.17, 15) is 0 Å². The minimum atomic E-state index is -1.50. The molecule has 245 valence electrons. The molecule has 7 rings (SSSR count). The molecule has 48 heavy (non-hydrogen) atoms. The maximum atomic E-state index is 8.44. The number of aromatic nitrogens is 3. The first-order chi connectivity index (χ1) is 23.2. The van der Waals surface area contributed by atoms with Gasteiger partial charge >= 0.3 is 0 Å². The molecule has 0 spiro atoms. The van der Waals surface area contributed by atoms with Crippen LogP contribution in [0.1, 0.15) is 53.4 Å². The fraction of sp³-hybridized carbons (Fsp3) is 0.214. The van der Waals surface area contributed by atoms with E-state index in [0.29, 0.717) is 0 Å². The maximum absolute atomic E-state index is 8.44. The Morgan fingerprint density at radius 2 is 1.48 bits per heavy atom. The van der Waals surface area contributed by atoms with Crippen LogP contribution in [0.4, 0.5) is 0 Å². The summed E-state index contributed by atoms with van der Waals surface area (Å²) >= 11 is 1.69. The number of fused-ring (bicyclic) bond motifs is 3. The molecule has 0 aliphatic rings. The monoisotopic (exact) mass is 842 g/mol. The number of nitrogens with zero attached hydrogens (tertiary/aromatic N) is 3. The molecule has 0 unspecified atom stereocenters. The first-order valence-electron chi connectivity index (χ1n) is 16.9. The molecule has 0 fully saturated rings. The molecule has 0 atom stereocenters. The largest absolute Gasteiger partial charge is 0.305 e. The zero-order chi connectivity index (χ0) is 35.0. The Morgan fingerprint density at radius 3 is 2.17 bits per heavy atom. The Kier molecular flexibility index (Phi) is 10.3. The van der Waals surface area contributed by atoms with Gasteiger partial charge in [-0.3, -0.25) is 0 Å². The summed E-state index contributed by atoms with van der Waals surface area (Å²) in [7, 11) is -1.50. The Balaban J connectivity index is 0.000000204. The molecule has 0 amide bonds. The van der Waals surface area contributed by atoms with E-state index in [2.05, 4.69) is 78.1 Å². The number of rotatable bonds is 6. The molecule has 6 heteroatoms. The van der Waals surface area contributed by atoms with E-state index >= 15 is 0 Å². The van der Waals surface area contributed by atoms with Gasteiger partial charge in [-0.05, 0) is 50.6 Å². The normalized spacial score (nSPS) is 12.5. The summed E-state index contributed by atoms with van der Waals surface area (Å²) in [6.07, 6.45) is 3.76. The zero-order valence-corrected chi connectivity index (χ0v) is 32.7. The van der Waals surface area contributed by atoms with E-state index < -0.39 is 19.9 Å². The van der Waals surface area contributed by atoms with Gasteiger partial charge in [0.15, 0.2) is 0 Å². The summed E-state index contributed by atoms with van der Waals surface area (Å²) in [4.78, 5) is 15.1. The van der Waals surface area contributed by atoms with Crippen molar-refractivity contribution >= 4 is 44.9 Å². The summed E-state index contributed by atoms with van der Waals surface area (Å²) in [6, 6.07) is 39.1. The van der Waals surface area contributed by atoms with Gasteiger partial charge in [0.05, 0.1) is 13.8 Å². The predicted molar refractivity (Wildman–Crippen MR) is 204 cm³/mol. The van der Waals surface area contributed by atoms with Crippen LogP contribution in [0.15, 0.2) is 109 Å². The molecule has 4 heterocycles. The van der Waals surface area contributed by atoms with E-state index in [0.717, 1.165) is 55.1 Å². The molecule has 3 aromatic carbocycles. The van der Waals surface area contributed by atoms with Crippen LogP contribution in [0, 0.1) is 12.1 Å². The molecular weight excluding hydrogens is 799 g/mol. The van der Waals surface area contributed by atoms with Gasteiger partial charge < -0.3 is 9.97 Å². The molecule has 3 nitrogen and oxygen atoms in total. The molecular formula is C42H41IrN3SSi-2. The molecule has 0 saturated carbocycles. The number of hydrogen-bond acceptors (Lipinski definition) is 4. The number of benzene rings is 3. The van der Waals surface area contributed by atoms with E-state index in [1.165, 1.54) is 15.3 Å². The smallest absolute Gasteiger partial charge is 0.114 e. The van der Waals surface area contributed by atoms with E-state index in [1.807, 2.05) is 94.6 Å². The minimum absolute atomic E-state index is 0. The molecule has 0 saturated heterocycles. The summed E-state index contributed by atoms with van der Waals surface area (Å²) in [5, 5.41) is 3.59. The third kappa shape index (κ3) is 7.90. The van der Waals surface area contributed by atoms with Gasteiger partial charge in [0.25, 0.3) is 0 Å². The van der Waals surface area contributed by atoms with E-state index in [4.69, 9.17) is 7.73 Å². The van der Waals surface area contributed by atoms with Gasteiger partial charge in [0, 0.05) is 40.8 Å². The van der Waals surface area contributed by atoms with Crippen molar-refractivity contribution in [2.24, 2.45) is 0 Å². The molecule has 4 aromatic heterocycles. The van der Waals surface area contributed by atoms with Gasteiger partial charge in [-0.2, -0.15) is 11.3 Å². The Labute approximate surface area is 306 Å². The second kappa shape index (κ2) is 15.2. The third-order valence-corrected chi connectivity index (χ3v) is 11.3. The van der Waals surface area contributed by atoms with Gasteiger partial charge in [0.1, 0.15) is 4.83 Å². The number of thiophene rings is 1. The van der Waals surface area contributed by atoms with Crippen molar-refractivity contribution in [3.8, 4) is 33.8 Å². The second-order valence-corrected chi connectivity index (χ2v) is 19.3. The zero-order valence-electron chi connectivity index (χ0n) is 30.5. The van der Waals surface area contributed by atoms with Crippen LogP contribution in [0.5, 0.6) is 0 Å². The van der Waals surface area contributed by atoms with Gasteiger partial charge in [0.2, 0.25) is 0 Å². The molecule has 0 aliphatic heterocycles. The minimum Gasteiger partial charge on any atom is -0.305 e. The number of pyridine rings is 3. The molecule has 0 N–H and O–H groups in total. The molecule has 0 bridgehead atoms. The van der Waals surface area contributed by atoms with Crippen molar-refractivity contribution in [3.63, 3.8) is 0 Å². The summed E-state index contributed by atoms with van der Waals surface area (Å²) in [5.41, 5.74) is 7.83. The third-order valence-electron chi connectivity index (χ3n) is 8.19. The SMILES string of the molecule is [2H]C(C)(C)c1cc(-c2[c-]cccc2)ncc1[Si](C)(C)C.[2H]C(C)(C)c1ccnc(-c2[c-]cc3sc4nc(-c5ccccc5)ccc4c3c2)c1.[Ir]. The summed E-state index contributed by atoms with van der Waals surface area (Å²) < 4.78 is 17.9. The predicted octanol–water partition coefficient (Wildman–Crippen LogP) is 11.3. The Bertz CT molecular complexity index is 2240. The average Bonchev–Trinajstić information content (AvgIpc) is 3.45.